The van der Waals surface area contributed by atoms with Crippen molar-refractivity contribution in [3.05, 3.63) is 106 Å². The van der Waals surface area contributed by atoms with Gasteiger partial charge in [-0.25, -0.2) is 23.1 Å². The summed E-state index contributed by atoms with van der Waals surface area (Å²) < 4.78 is 41.7. The van der Waals surface area contributed by atoms with Crippen LogP contribution in [0.5, 0.6) is 17.4 Å². The van der Waals surface area contributed by atoms with Gasteiger partial charge in [-0.3, -0.25) is 9.69 Å². The smallest absolute Gasteiger partial charge is 0.268 e. The molecule has 3 aliphatic rings. The number of benzene rings is 3. The minimum Gasteiger partial charge on any atom is -0.476 e. The maximum Gasteiger partial charge on any atom is 0.268 e. The van der Waals surface area contributed by atoms with E-state index < -0.39 is 21.5 Å². The number of hydrogen-bond donors (Lipinski definition) is 3. The average molecular weight is 888 g/mol. The molecule has 2 aliphatic carbocycles. The minimum atomic E-state index is -4.42. The predicted molar refractivity (Wildman–Crippen MR) is 239 cm³/mol. The zero-order valence-electron chi connectivity index (χ0n) is 34.7. The molecule has 0 spiro atoms. The first-order valence-corrected chi connectivity index (χ1v) is 23.1. The van der Waals surface area contributed by atoms with E-state index in [4.69, 9.17) is 32.7 Å². The van der Waals surface area contributed by atoms with Gasteiger partial charge in [-0.15, -0.1) is 0 Å². The van der Waals surface area contributed by atoms with Crippen molar-refractivity contribution in [3.8, 4) is 17.4 Å². The topological polar surface area (TPSA) is 150 Å². The van der Waals surface area contributed by atoms with Crippen LogP contribution in [0.1, 0.15) is 81.6 Å². The third kappa shape index (κ3) is 10.2. The van der Waals surface area contributed by atoms with E-state index >= 15 is 0 Å². The fourth-order valence-corrected chi connectivity index (χ4v) is 9.92. The van der Waals surface area contributed by atoms with Crippen molar-refractivity contribution < 1.29 is 27.8 Å². The molecule has 3 N–H and O–H groups in total. The molecular formula is C46H52Cl2N6O6S. The molecule has 1 aliphatic heterocycles. The number of aromatic nitrogens is 3. The van der Waals surface area contributed by atoms with E-state index in [1.54, 1.807) is 24.5 Å². The molecule has 1 amide bonds. The molecule has 0 atom stereocenters. The van der Waals surface area contributed by atoms with E-state index in [-0.39, 0.29) is 38.4 Å². The van der Waals surface area contributed by atoms with Crippen molar-refractivity contribution in [3.63, 3.8) is 0 Å². The number of aliphatic hydroxyl groups is 1. The van der Waals surface area contributed by atoms with Crippen LogP contribution >= 0.6 is 23.2 Å². The summed E-state index contributed by atoms with van der Waals surface area (Å²) in [5.41, 5.74) is 5.90. The third-order valence-corrected chi connectivity index (χ3v) is 14.2. The summed E-state index contributed by atoms with van der Waals surface area (Å²) in [5, 5.41) is 11.0. The number of rotatable bonds is 12. The number of sulfonamides is 1. The number of para-hydroxylation sites is 1. The molecular weight excluding hydrogens is 836 g/mol. The molecule has 61 heavy (non-hydrogen) atoms. The van der Waals surface area contributed by atoms with E-state index in [2.05, 4.69) is 55.5 Å². The van der Waals surface area contributed by atoms with Gasteiger partial charge in [0.15, 0.2) is 5.75 Å². The van der Waals surface area contributed by atoms with Crippen molar-refractivity contribution in [2.24, 2.45) is 11.3 Å². The number of fused-ring (bicyclic) bond motifs is 1. The largest absolute Gasteiger partial charge is 0.476 e. The monoisotopic (exact) mass is 886 g/mol. The molecule has 12 nitrogen and oxygen atoms in total. The molecule has 2 fully saturated rings. The van der Waals surface area contributed by atoms with Gasteiger partial charge in [0.1, 0.15) is 21.2 Å². The van der Waals surface area contributed by atoms with E-state index in [9.17, 15) is 18.3 Å². The molecule has 3 aromatic carbocycles. The molecule has 2 aromatic heterocycles. The summed E-state index contributed by atoms with van der Waals surface area (Å²) in [5.74, 6) is 0.0191. The van der Waals surface area contributed by atoms with E-state index in [0.717, 1.165) is 87.3 Å². The van der Waals surface area contributed by atoms with Gasteiger partial charge in [0.25, 0.3) is 15.9 Å². The lowest BCUT2D eigenvalue weighted by Crippen LogP contribution is -2.47. The Morgan fingerprint density at radius 3 is 2.44 bits per heavy atom. The number of amides is 1. The van der Waals surface area contributed by atoms with Gasteiger partial charge in [0.05, 0.1) is 35.8 Å². The molecule has 0 unspecified atom stereocenters. The fourth-order valence-electron chi connectivity index (χ4n) is 8.58. The third-order valence-electron chi connectivity index (χ3n) is 12.3. The number of carbonyl (C=O) groups is 1. The number of nitrogens with zero attached hydrogens (tertiary/aromatic N) is 4. The lowest BCUT2D eigenvalue weighted by molar-refractivity contribution is 0.00127. The average Bonchev–Trinajstić information content (AvgIpc) is 3.72. The van der Waals surface area contributed by atoms with Crippen molar-refractivity contribution >= 4 is 61.4 Å². The lowest BCUT2D eigenvalue weighted by Gasteiger charge is -2.39. The number of piperazine rings is 1. The molecule has 1 saturated heterocycles. The Bertz CT molecular complexity index is 2540. The number of H-pyrrole nitrogens is 1. The van der Waals surface area contributed by atoms with Gasteiger partial charge < -0.3 is 24.5 Å². The molecule has 0 radical (unpaired) electrons. The number of nitrogens with one attached hydrogen (secondary N) is 2. The number of halogens is 2. The zero-order chi connectivity index (χ0) is 42.9. The van der Waals surface area contributed by atoms with Crippen LogP contribution in [0.2, 0.25) is 10.0 Å². The second kappa shape index (κ2) is 17.6. The summed E-state index contributed by atoms with van der Waals surface area (Å²) in [7, 11) is -4.42. The number of hydrogen-bond acceptors (Lipinski definition) is 10. The maximum atomic E-state index is 13.9. The second-order valence-corrected chi connectivity index (χ2v) is 20.2. The van der Waals surface area contributed by atoms with Gasteiger partial charge in [-0.05, 0) is 117 Å². The van der Waals surface area contributed by atoms with Gasteiger partial charge in [0, 0.05) is 49.5 Å². The number of pyridine rings is 1. The van der Waals surface area contributed by atoms with Crippen LogP contribution in [0.15, 0.2) is 89.7 Å². The molecule has 3 heterocycles. The Morgan fingerprint density at radius 1 is 0.951 bits per heavy atom. The summed E-state index contributed by atoms with van der Waals surface area (Å²) in [6.45, 7) is 10.9. The number of carbonyl (C=O) groups excluding carboxylic acids is 1. The van der Waals surface area contributed by atoms with Crippen LogP contribution < -0.4 is 19.1 Å². The first kappa shape index (κ1) is 43.0. The second-order valence-electron chi connectivity index (χ2n) is 17.7. The fraction of sp³-hybridized carbons (Fsp3) is 0.413. The highest BCUT2D eigenvalue weighted by atomic mass is 35.5. The van der Waals surface area contributed by atoms with Gasteiger partial charge in [-0.1, -0.05) is 60.8 Å². The van der Waals surface area contributed by atoms with Crippen molar-refractivity contribution in [1.29, 1.82) is 0 Å². The Balaban J connectivity index is 0.981. The van der Waals surface area contributed by atoms with Crippen LogP contribution in [0.25, 0.3) is 16.6 Å². The molecule has 15 heteroatoms. The van der Waals surface area contributed by atoms with E-state index in [1.165, 1.54) is 22.8 Å². The highest BCUT2D eigenvalue weighted by Gasteiger charge is 2.31. The number of imidazole rings is 1. The summed E-state index contributed by atoms with van der Waals surface area (Å²) >= 11 is 12.7. The molecule has 1 saturated carbocycles. The molecule has 5 aromatic rings. The van der Waals surface area contributed by atoms with Crippen LogP contribution in [0, 0.1) is 11.3 Å². The van der Waals surface area contributed by atoms with Gasteiger partial charge in [-0.2, -0.15) is 0 Å². The minimum absolute atomic E-state index is 0.000102. The zero-order valence-corrected chi connectivity index (χ0v) is 37.0. The predicted octanol–water partition coefficient (Wildman–Crippen LogP) is 9.28. The lowest BCUT2D eigenvalue weighted by atomic mass is 9.72. The standard InChI is InChI=1S/C46H52Cl2N6O6S/c1-45(2)16-15-32(37(25-45)31-7-9-33(47)10-8-31)27-53-19-21-54(22-20-53)34-11-12-36(41(23-34)60-40-6-4-5-39-42(40)51-29-50-39)43(55)52-61(57,58)35-24-38(48)44(49-26-35)59-28-30-13-17-46(3,56)18-14-30/h4-12,23-24,26,29-30,56H,13-22,25,27-28H2,1-3H3,(H,50,51)(H,52,55)/t30-,46+. The van der Waals surface area contributed by atoms with Crippen LogP contribution in [0.4, 0.5) is 5.69 Å². The highest BCUT2D eigenvalue weighted by Crippen LogP contribution is 2.44. The van der Waals surface area contributed by atoms with Crippen molar-refractivity contribution in [1.82, 2.24) is 24.6 Å². The Labute approximate surface area is 367 Å². The van der Waals surface area contributed by atoms with Crippen LogP contribution in [0.3, 0.4) is 0 Å². The first-order valence-electron chi connectivity index (χ1n) is 20.9. The maximum absolute atomic E-state index is 13.9. The van der Waals surface area contributed by atoms with Crippen molar-refractivity contribution in [2.75, 3.05) is 44.2 Å². The first-order chi connectivity index (χ1) is 29.1. The van der Waals surface area contributed by atoms with E-state index in [1.807, 2.05) is 37.3 Å². The van der Waals surface area contributed by atoms with Crippen LogP contribution in [-0.4, -0.2) is 84.2 Å². The molecule has 0 bridgehead atoms. The Morgan fingerprint density at radius 2 is 1.70 bits per heavy atom. The van der Waals surface area contributed by atoms with Crippen molar-refractivity contribution in [2.45, 2.75) is 76.2 Å². The number of allylic oxidation sites excluding steroid dienone is 1. The quantitative estimate of drug-likeness (QED) is 0.111. The number of anilines is 1. The molecule has 8 rings (SSSR count). The van der Waals surface area contributed by atoms with Crippen LogP contribution in [-0.2, 0) is 10.0 Å². The number of aromatic amines is 1. The SMILES string of the molecule is CC1(C)CCC(CN2CCN(c3ccc(C(=O)NS(=O)(=O)c4cnc(OC[C@H]5CC[C@@](C)(O)CC5)c(Cl)c4)c(Oc4cccc5[nH]cnc45)c3)CC2)=C(c2ccc(Cl)cc2)C1. The van der Waals surface area contributed by atoms with Gasteiger partial charge in [0.2, 0.25) is 5.88 Å². The summed E-state index contributed by atoms with van der Waals surface area (Å²) in [6, 6.07) is 20.1. The Hall–Kier alpha value is -4.66. The number of ether oxygens (including phenoxy) is 2. The normalized spacial score (nSPS) is 21.1. The van der Waals surface area contributed by atoms with E-state index in [0.29, 0.717) is 30.7 Å². The molecule has 322 valence electrons. The Kier molecular flexibility index (Phi) is 12.4. The summed E-state index contributed by atoms with van der Waals surface area (Å²) in [4.78, 5) is 30.1. The van der Waals surface area contributed by atoms with Gasteiger partial charge >= 0.3 is 0 Å². The highest BCUT2D eigenvalue weighted by molar-refractivity contribution is 7.90. The summed E-state index contributed by atoms with van der Waals surface area (Å²) in [6.07, 6.45) is 8.86.